The molecule has 5 aromatic rings. The second-order valence-electron chi connectivity index (χ2n) is 13.6. The van der Waals surface area contributed by atoms with Crippen molar-refractivity contribution in [3.63, 3.8) is 0 Å². The van der Waals surface area contributed by atoms with E-state index in [1.54, 1.807) is 0 Å². The van der Waals surface area contributed by atoms with E-state index in [1.807, 2.05) is 0 Å². The molecular formula is C36H27ClF8N6O2. The molecule has 1 saturated carbocycles. The van der Waals surface area contributed by atoms with Crippen LogP contribution in [0.2, 0.25) is 5.15 Å². The highest BCUT2D eigenvalue weighted by Gasteiger charge is 2.67. The van der Waals surface area contributed by atoms with Crippen LogP contribution in [0.15, 0.2) is 42.5 Å². The molecule has 0 bridgehead atoms. The smallest absolute Gasteiger partial charge is 0.297 e. The van der Waals surface area contributed by atoms with Crippen molar-refractivity contribution in [2.75, 3.05) is 0 Å². The Morgan fingerprint density at radius 3 is 2.38 bits per heavy atom. The Morgan fingerprint density at radius 1 is 1.02 bits per heavy atom. The van der Waals surface area contributed by atoms with Gasteiger partial charge < -0.3 is 5.11 Å². The normalized spacial score (nSPS) is 17.9. The minimum Gasteiger partial charge on any atom is -0.378 e. The van der Waals surface area contributed by atoms with E-state index in [-0.39, 0.29) is 57.3 Å². The largest absolute Gasteiger partial charge is 0.378 e. The van der Waals surface area contributed by atoms with Crippen LogP contribution in [-0.2, 0) is 23.7 Å². The van der Waals surface area contributed by atoms with Crippen LogP contribution in [0.4, 0.5) is 35.1 Å². The van der Waals surface area contributed by atoms with E-state index in [0.29, 0.717) is 10.7 Å². The molecule has 0 unspecified atom stereocenters. The fourth-order valence-corrected chi connectivity index (χ4v) is 7.23. The molecule has 1 fully saturated rings. The number of aromatic nitrogens is 6. The fraction of sp³-hybridized carbons (Fsp3) is 0.361. The van der Waals surface area contributed by atoms with Gasteiger partial charge in [-0.3, -0.25) is 13.9 Å². The first kappa shape index (κ1) is 36.5. The minimum absolute atomic E-state index is 0.0234. The molecule has 3 atom stereocenters. The third kappa shape index (κ3) is 6.88. The van der Waals surface area contributed by atoms with Crippen LogP contribution in [0.5, 0.6) is 0 Å². The lowest BCUT2D eigenvalue weighted by molar-refractivity contribution is -0.120. The molecule has 0 aliphatic heterocycles. The first-order chi connectivity index (χ1) is 24.9. The Hall–Kier alpha value is -4.88. The number of benzene rings is 1. The van der Waals surface area contributed by atoms with Gasteiger partial charge in [0, 0.05) is 41.0 Å². The average Bonchev–Trinajstić information content (AvgIpc) is 3.47. The van der Waals surface area contributed by atoms with Crippen molar-refractivity contribution in [3.8, 4) is 23.0 Å². The Balaban J connectivity index is 1.36. The summed E-state index contributed by atoms with van der Waals surface area (Å²) < 4.78 is 117. The molecule has 7 rings (SSSR count). The number of fused-ring (bicyclic) bond motifs is 4. The van der Waals surface area contributed by atoms with Gasteiger partial charge in [0.1, 0.15) is 46.0 Å². The Kier molecular flexibility index (Phi) is 9.09. The van der Waals surface area contributed by atoms with E-state index in [2.05, 4.69) is 32.1 Å². The van der Waals surface area contributed by atoms with Gasteiger partial charge in [-0.25, -0.2) is 31.3 Å². The molecule has 0 amide bonds. The van der Waals surface area contributed by atoms with Crippen LogP contribution in [0.1, 0.15) is 91.1 Å². The summed E-state index contributed by atoms with van der Waals surface area (Å²) in [6.07, 6.45) is -7.03. The highest BCUT2D eigenvalue weighted by molar-refractivity contribution is 6.30. The molecule has 2 aliphatic carbocycles. The lowest BCUT2D eigenvalue weighted by atomic mass is 9.86. The number of nitrogens with zero attached hydrogens (tertiary/aromatic N) is 6. The Bertz CT molecular complexity index is 2320. The number of ketones is 1. The summed E-state index contributed by atoms with van der Waals surface area (Å²) in [7, 11) is 0. The number of Topliss-reactive ketones (excluding diaryl/α,β-unsaturated/α-hetero) is 1. The maximum Gasteiger partial charge on any atom is 0.297 e. The molecule has 0 saturated heterocycles. The summed E-state index contributed by atoms with van der Waals surface area (Å²) in [4.78, 5) is 18.5. The van der Waals surface area contributed by atoms with E-state index in [0.717, 1.165) is 16.5 Å². The van der Waals surface area contributed by atoms with E-state index in [1.165, 1.54) is 38.1 Å². The highest BCUT2D eigenvalue weighted by Crippen LogP contribution is 2.68. The zero-order chi connectivity index (χ0) is 38.1. The van der Waals surface area contributed by atoms with Crippen molar-refractivity contribution >= 4 is 23.0 Å². The van der Waals surface area contributed by atoms with Crippen LogP contribution in [-0.4, -0.2) is 45.9 Å². The number of carbonyl (C=O) groups is 1. The molecule has 53 heavy (non-hydrogen) atoms. The molecule has 4 heterocycles. The van der Waals surface area contributed by atoms with Crippen molar-refractivity contribution in [2.45, 2.75) is 75.9 Å². The number of carbonyl (C=O) groups excluding carboxylic acids is 1. The van der Waals surface area contributed by atoms with Crippen molar-refractivity contribution in [3.05, 3.63) is 99.0 Å². The predicted molar refractivity (Wildman–Crippen MR) is 174 cm³/mol. The quantitative estimate of drug-likeness (QED) is 0.0878. The van der Waals surface area contributed by atoms with E-state index in [9.17, 15) is 36.2 Å². The van der Waals surface area contributed by atoms with E-state index >= 15 is 8.78 Å². The first-order valence-corrected chi connectivity index (χ1v) is 16.6. The summed E-state index contributed by atoms with van der Waals surface area (Å²) in [6, 6.07) is 8.36. The summed E-state index contributed by atoms with van der Waals surface area (Å²) in [5.41, 5.74) is -2.86. The summed E-state index contributed by atoms with van der Waals surface area (Å²) in [5, 5.41) is 21.3. The van der Waals surface area contributed by atoms with Crippen molar-refractivity contribution in [1.29, 1.82) is 0 Å². The number of halogens is 9. The van der Waals surface area contributed by atoms with Gasteiger partial charge in [0.2, 0.25) is 5.82 Å². The van der Waals surface area contributed by atoms with Gasteiger partial charge in [0.15, 0.2) is 11.4 Å². The summed E-state index contributed by atoms with van der Waals surface area (Å²) in [5.74, 6) is -4.63. The lowest BCUT2D eigenvalue weighted by Crippen LogP contribution is -2.24. The number of hydrogen-bond acceptors (Lipinski definition) is 6. The monoisotopic (exact) mass is 762 g/mol. The van der Waals surface area contributed by atoms with Gasteiger partial charge in [0.25, 0.3) is 18.8 Å². The third-order valence-electron chi connectivity index (χ3n) is 9.19. The molecule has 2 aliphatic rings. The van der Waals surface area contributed by atoms with Crippen LogP contribution in [0.25, 0.3) is 16.8 Å². The van der Waals surface area contributed by atoms with Crippen LogP contribution in [0, 0.1) is 29.4 Å². The molecule has 0 radical (unpaired) electrons. The number of hydrogen-bond donors (Lipinski definition) is 1. The zero-order valence-electron chi connectivity index (χ0n) is 27.7. The zero-order valence-corrected chi connectivity index (χ0v) is 28.5. The highest BCUT2D eigenvalue weighted by atomic mass is 35.5. The maximum atomic E-state index is 15.3. The Morgan fingerprint density at radius 2 is 1.72 bits per heavy atom. The van der Waals surface area contributed by atoms with Crippen molar-refractivity contribution in [2.24, 2.45) is 5.92 Å². The molecular weight excluding hydrogens is 736 g/mol. The van der Waals surface area contributed by atoms with Crippen LogP contribution < -0.4 is 0 Å². The minimum atomic E-state index is -3.49. The number of alkyl halides is 6. The molecule has 1 aromatic carbocycles. The van der Waals surface area contributed by atoms with Gasteiger partial charge in [-0.1, -0.05) is 17.5 Å². The van der Waals surface area contributed by atoms with E-state index < -0.39 is 89.7 Å². The third-order valence-corrected chi connectivity index (χ3v) is 9.49. The van der Waals surface area contributed by atoms with Crippen LogP contribution in [0.3, 0.4) is 0 Å². The second kappa shape index (κ2) is 13.2. The number of pyridine rings is 2. The molecule has 0 spiro atoms. The predicted octanol–water partition coefficient (Wildman–Crippen LogP) is 8.11. The van der Waals surface area contributed by atoms with Gasteiger partial charge >= 0.3 is 0 Å². The first-order valence-electron chi connectivity index (χ1n) is 16.2. The van der Waals surface area contributed by atoms with Gasteiger partial charge in [-0.2, -0.15) is 13.9 Å². The van der Waals surface area contributed by atoms with Gasteiger partial charge in [0.05, 0.1) is 5.69 Å². The fourth-order valence-electron chi connectivity index (χ4n) is 7.00. The topological polar surface area (TPSA) is 98.2 Å². The Labute approximate surface area is 300 Å². The van der Waals surface area contributed by atoms with Gasteiger partial charge in [-0.15, -0.1) is 10.2 Å². The van der Waals surface area contributed by atoms with E-state index in [4.69, 9.17) is 11.6 Å². The second-order valence-corrected chi connectivity index (χ2v) is 14.0. The maximum absolute atomic E-state index is 15.3. The number of aliphatic hydroxyl groups is 1. The van der Waals surface area contributed by atoms with Crippen molar-refractivity contribution < 1.29 is 45.0 Å². The van der Waals surface area contributed by atoms with Crippen LogP contribution >= 0.6 is 11.6 Å². The van der Waals surface area contributed by atoms with Gasteiger partial charge in [-0.05, 0) is 80.5 Å². The molecule has 276 valence electrons. The molecule has 17 heteroatoms. The standard InChI is InChI=1S/C36H27ClF8N6O2/c1-35(2,53)8-7-20-3-4-22(23-5-6-26(37)51-33(23)47-48-34(51)32(42)43)28(46-20)17(9-16-10-18(38)13-19(39)11-16)12-21(52)15-50-30-27(29(49-50)31(40)41)24-14-25(24)36(30,44)45/h3-6,10-11,13,17,24-25,31-32,53H,9,12,14-15H2,1-2H3/t17-,24+,25-/m1/s1. The molecule has 1 N–H and O–H groups in total. The average molecular weight is 763 g/mol. The van der Waals surface area contributed by atoms with Crippen molar-refractivity contribution in [1.82, 2.24) is 29.4 Å². The summed E-state index contributed by atoms with van der Waals surface area (Å²) >= 11 is 6.26. The SMILES string of the molecule is CC(C)(O)C#Cc1ccc(-c2ccc(Cl)n3c(C(F)F)nnc23)c([C@@H](CC(=O)Cn2nc(C(F)F)c3c2C(F)(F)[C@@H]2C[C@H]32)Cc2cc(F)cc(F)c2)n1. The molecule has 4 aromatic heterocycles. The lowest BCUT2D eigenvalue weighted by Gasteiger charge is -2.21. The molecule has 8 nitrogen and oxygen atoms in total. The summed E-state index contributed by atoms with van der Waals surface area (Å²) in [6.45, 7) is 2.01. The number of rotatable bonds is 10.